The molecular weight excluding hydrogens is 284 g/mol. The summed E-state index contributed by atoms with van der Waals surface area (Å²) in [6, 6.07) is 15.5. The minimum atomic E-state index is 0.435. The third-order valence-corrected chi connectivity index (χ3v) is 4.01. The van der Waals surface area contributed by atoms with Gasteiger partial charge in [-0.3, -0.25) is 0 Å². The van der Waals surface area contributed by atoms with Crippen molar-refractivity contribution in [1.82, 2.24) is 14.6 Å². The van der Waals surface area contributed by atoms with Crippen molar-refractivity contribution < 1.29 is 4.42 Å². The maximum absolute atomic E-state index is 9.44. The molecule has 0 N–H and O–H groups in total. The largest absolute Gasteiger partial charge is 0.462 e. The summed E-state index contributed by atoms with van der Waals surface area (Å²) in [5.74, 6) is 0.677. The van der Waals surface area contributed by atoms with Crippen molar-refractivity contribution in [2.75, 3.05) is 0 Å². The van der Waals surface area contributed by atoms with E-state index in [0.717, 1.165) is 5.56 Å². The molecule has 3 heterocycles. The zero-order valence-electron chi connectivity index (χ0n) is 10.7. The molecule has 0 aliphatic rings. The Hall–Kier alpha value is -2.91. The van der Waals surface area contributed by atoms with Gasteiger partial charge in [-0.25, -0.2) is 4.98 Å². The Balaban J connectivity index is 1.92. The molecule has 0 saturated carbocycles. The summed E-state index contributed by atoms with van der Waals surface area (Å²) in [7, 11) is 0. The lowest BCUT2D eigenvalue weighted by Gasteiger charge is -1.96. The topological polar surface area (TPSA) is 67.1 Å². The van der Waals surface area contributed by atoms with Gasteiger partial charge >= 0.3 is 0 Å². The number of nitriles is 1. The molecule has 0 aliphatic heterocycles. The van der Waals surface area contributed by atoms with Crippen molar-refractivity contribution in [3.8, 4) is 28.1 Å². The maximum atomic E-state index is 9.44. The van der Waals surface area contributed by atoms with Gasteiger partial charge in [-0.1, -0.05) is 41.7 Å². The molecule has 4 rings (SSSR count). The number of hydrogen-bond donors (Lipinski definition) is 0. The first kappa shape index (κ1) is 11.9. The summed E-state index contributed by atoms with van der Waals surface area (Å²) in [4.78, 5) is 5.22. The van der Waals surface area contributed by atoms with Crippen LogP contribution in [0.25, 0.3) is 27.0 Å². The van der Waals surface area contributed by atoms with E-state index < -0.39 is 0 Å². The molecule has 0 radical (unpaired) electrons. The van der Waals surface area contributed by atoms with Crippen LogP contribution in [0.2, 0.25) is 0 Å². The summed E-state index contributed by atoms with van der Waals surface area (Å²) in [6.45, 7) is 0. The van der Waals surface area contributed by atoms with Crippen LogP contribution in [0, 0.1) is 11.3 Å². The summed E-state index contributed by atoms with van der Waals surface area (Å²) >= 11 is 1.40. The number of hydrogen-bond acceptors (Lipinski definition) is 5. The van der Waals surface area contributed by atoms with Crippen LogP contribution in [0.4, 0.5) is 0 Å². The van der Waals surface area contributed by atoms with E-state index in [9.17, 15) is 5.26 Å². The van der Waals surface area contributed by atoms with Gasteiger partial charge in [-0.15, -0.1) is 5.10 Å². The Morgan fingerprint density at radius 3 is 2.71 bits per heavy atom. The van der Waals surface area contributed by atoms with Crippen molar-refractivity contribution in [3.63, 3.8) is 0 Å². The molecule has 0 atom stereocenters. The van der Waals surface area contributed by atoms with Crippen LogP contribution < -0.4 is 0 Å². The van der Waals surface area contributed by atoms with Crippen LogP contribution in [0.5, 0.6) is 0 Å². The van der Waals surface area contributed by atoms with Gasteiger partial charge in [0, 0.05) is 5.56 Å². The molecule has 4 aromatic rings. The van der Waals surface area contributed by atoms with E-state index in [-0.39, 0.29) is 0 Å². The highest BCUT2D eigenvalue weighted by atomic mass is 32.1. The number of rotatable bonds is 2. The predicted molar refractivity (Wildman–Crippen MR) is 78.7 cm³/mol. The summed E-state index contributed by atoms with van der Waals surface area (Å²) < 4.78 is 6.91. The molecule has 5 nitrogen and oxygen atoms in total. The molecule has 100 valence electrons. The molecular formula is C15H8N4OS. The highest BCUT2D eigenvalue weighted by Gasteiger charge is 2.18. The Kier molecular flexibility index (Phi) is 2.59. The first-order chi connectivity index (χ1) is 10.4. The summed E-state index contributed by atoms with van der Waals surface area (Å²) in [5.41, 5.74) is 2.00. The van der Waals surface area contributed by atoms with Gasteiger partial charge in [-0.05, 0) is 12.1 Å². The van der Waals surface area contributed by atoms with E-state index in [1.165, 1.54) is 11.3 Å². The zero-order valence-corrected chi connectivity index (χ0v) is 11.5. The third kappa shape index (κ3) is 1.83. The van der Waals surface area contributed by atoms with Crippen molar-refractivity contribution in [3.05, 3.63) is 54.4 Å². The molecule has 0 unspecified atom stereocenters. The van der Waals surface area contributed by atoms with Crippen LogP contribution in [0.1, 0.15) is 5.69 Å². The Bertz CT molecular complexity index is 945. The summed E-state index contributed by atoms with van der Waals surface area (Å²) in [6.07, 6.45) is 1.60. The van der Waals surface area contributed by atoms with Gasteiger partial charge in [0.1, 0.15) is 11.8 Å². The number of furan rings is 1. The van der Waals surface area contributed by atoms with Gasteiger partial charge in [0.2, 0.25) is 4.96 Å². The first-order valence-electron chi connectivity index (χ1n) is 6.26. The summed E-state index contributed by atoms with van der Waals surface area (Å²) in [5, 5.41) is 14.6. The van der Waals surface area contributed by atoms with Crippen LogP contribution >= 0.6 is 11.3 Å². The highest BCUT2D eigenvalue weighted by molar-refractivity contribution is 7.19. The molecule has 6 heteroatoms. The van der Waals surface area contributed by atoms with Crippen LogP contribution in [0.15, 0.2) is 53.1 Å². The van der Waals surface area contributed by atoms with Gasteiger partial charge in [0.15, 0.2) is 16.5 Å². The smallest absolute Gasteiger partial charge is 0.214 e. The molecule has 0 saturated heterocycles. The predicted octanol–water partition coefficient (Wildman–Crippen LogP) is 3.59. The number of benzene rings is 1. The Morgan fingerprint density at radius 2 is 2.00 bits per heavy atom. The second-order valence-electron chi connectivity index (χ2n) is 4.37. The second kappa shape index (κ2) is 4.58. The number of fused-ring (bicyclic) bond motifs is 1. The number of imidazole rings is 1. The fraction of sp³-hybridized carbons (Fsp3) is 0. The minimum absolute atomic E-state index is 0.435. The van der Waals surface area contributed by atoms with Crippen molar-refractivity contribution in [2.24, 2.45) is 0 Å². The zero-order chi connectivity index (χ0) is 14.2. The molecule has 1 aromatic carbocycles. The standard InChI is InChI=1S/C15H8N4OS/c16-9-11-13(10-5-2-1-3-6-10)17-15-19(11)18-14(21-15)12-7-4-8-20-12/h1-8H. The molecule has 21 heavy (non-hydrogen) atoms. The van der Waals surface area contributed by atoms with Gasteiger partial charge < -0.3 is 4.42 Å². The molecule has 0 fully saturated rings. The lowest BCUT2D eigenvalue weighted by molar-refractivity contribution is 0.580. The van der Waals surface area contributed by atoms with Gasteiger partial charge in [-0.2, -0.15) is 9.78 Å². The molecule has 3 aromatic heterocycles. The fourth-order valence-electron chi connectivity index (χ4n) is 2.15. The van der Waals surface area contributed by atoms with E-state index in [4.69, 9.17) is 4.42 Å². The van der Waals surface area contributed by atoms with Crippen molar-refractivity contribution >= 4 is 16.3 Å². The van der Waals surface area contributed by atoms with E-state index >= 15 is 0 Å². The van der Waals surface area contributed by atoms with E-state index in [1.54, 1.807) is 16.8 Å². The molecule has 0 spiro atoms. The van der Waals surface area contributed by atoms with Gasteiger partial charge in [0.25, 0.3) is 0 Å². The highest BCUT2D eigenvalue weighted by Crippen LogP contribution is 2.30. The average Bonchev–Trinajstić information content (AvgIpc) is 3.22. The minimum Gasteiger partial charge on any atom is -0.462 e. The molecule has 0 bridgehead atoms. The van der Waals surface area contributed by atoms with E-state index in [1.807, 2.05) is 36.4 Å². The lowest BCUT2D eigenvalue weighted by Crippen LogP contribution is -1.90. The van der Waals surface area contributed by atoms with E-state index in [2.05, 4.69) is 16.2 Å². The third-order valence-electron chi connectivity index (χ3n) is 3.09. The second-order valence-corrected chi connectivity index (χ2v) is 5.32. The van der Waals surface area contributed by atoms with Crippen molar-refractivity contribution in [1.29, 1.82) is 5.26 Å². The fourth-order valence-corrected chi connectivity index (χ4v) is 3.01. The molecule has 0 aliphatic carbocycles. The lowest BCUT2D eigenvalue weighted by atomic mass is 10.1. The van der Waals surface area contributed by atoms with Crippen molar-refractivity contribution in [2.45, 2.75) is 0 Å². The van der Waals surface area contributed by atoms with Crippen LogP contribution in [-0.4, -0.2) is 14.6 Å². The first-order valence-corrected chi connectivity index (χ1v) is 7.07. The van der Waals surface area contributed by atoms with Crippen LogP contribution in [0.3, 0.4) is 0 Å². The SMILES string of the molecule is N#Cc1c(-c2ccccc2)nc2sc(-c3ccco3)nn12. The number of nitrogens with zero attached hydrogens (tertiary/aromatic N) is 4. The quantitative estimate of drug-likeness (QED) is 0.566. The average molecular weight is 292 g/mol. The monoisotopic (exact) mass is 292 g/mol. The van der Waals surface area contributed by atoms with Gasteiger partial charge in [0.05, 0.1) is 6.26 Å². The Morgan fingerprint density at radius 1 is 1.14 bits per heavy atom. The Labute approximate surface area is 123 Å². The van der Waals surface area contributed by atoms with E-state index in [0.29, 0.717) is 27.1 Å². The van der Waals surface area contributed by atoms with Crippen LogP contribution in [-0.2, 0) is 0 Å². The number of aromatic nitrogens is 3. The molecule has 0 amide bonds. The normalized spacial score (nSPS) is 10.8. The maximum Gasteiger partial charge on any atom is 0.214 e.